The van der Waals surface area contributed by atoms with Crippen LogP contribution in [0, 0.1) is 0 Å². The van der Waals surface area contributed by atoms with E-state index in [0.717, 1.165) is 22.7 Å². The zero-order valence-electron chi connectivity index (χ0n) is 26.3. The summed E-state index contributed by atoms with van der Waals surface area (Å²) in [7, 11) is 2.16. The fourth-order valence-corrected chi connectivity index (χ4v) is 6.59. The molecule has 8 aromatic rings. The fraction of sp³-hybridized carbons (Fsp3) is 0.0222. The van der Waals surface area contributed by atoms with Gasteiger partial charge < -0.3 is 9.80 Å². The minimum Gasteiger partial charge on any atom is -0.344 e. The molecule has 0 saturated heterocycles. The Morgan fingerprint density at radius 1 is 0.319 bits per heavy atom. The molecule has 8 aromatic carbocycles. The maximum atomic E-state index is 2.31. The van der Waals surface area contributed by atoms with Gasteiger partial charge in [0.1, 0.15) is 0 Å². The van der Waals surface area contributed by atoms with Crippen molar-refractivity contribution in [1.82, 2.24) is 0 Å². The summed E-state index contributed by atoms with van der Waals surface area (Å²) in [5.74, 6) is 0. The molecule has 0 N–H and O–H groups in total. The molecule has 0 aromatic heterocycles. The van der Waals surface area contributed by atoms with E-state index in [2.05, 4.69) is 205 Å². The van der Waals surface area contributed by atoms with E-state index in [1.54, 1.807) is 0 Å². The number of para-hydroxylation sites is 1. The second-order valence-electron chi connectivity index (χ2n) is 11.9. The molecule has 8 rings (SSSR count). The number of benzene rings is 8. The Morgan fingerprint density at radius 2 is 0.723 bits per heavy atom. The minimum atomic E-state index is 1.12. The molecule has 0 aliphatic heterocycles. The highest BCUT2D eigenvalue weighted by atomic mass is 15.1. The first-order valence-electron chi connectivity index (χ1n) is 16.1. The van der Waals surface area contributed by atoms with Gasteiger partial charge in [-0.3, -0.25) is 0 Å². The molecule has 2 heteroatoms. The van der Waals surface area contributed by atoms with Crippen molar-refractivity contribution in [3.05, 3.63) is 188 Å². The summed E-state index contributed by atoms with van der Waals surface area (Å²) in [6, 6.07) is 67.3. The van der Waals surface area contributed by atoms with Gasteiger partial charge in [0.15, 0.2) is 0 Å². The van der Waals surface area contributed by atoms with E-state index in [-0.39, 0.29) is 0 Å². The average molecular weight is 603 g/mol. The lowest BCUT2D eigenvalue weighted by Gasteiger charge is -2.26. The van der Waals surface area contributed by atoms with Crippen LogP contribution in [0.5, 0.6) is 0 Å². The summed E-state index contributed by atoms with van der Waals surface area (Å²) in [5, 5.41) is 5.07. The van der Waals surface area contributed by atoms with E-state index >= 15 is 0 Å². The van der Waals surface area contributed by atoms with Crippen molar-refractivity contribution < 1.29 is 0 Å². The number of rotatable bonds is 7. The van der Waals surface area contributed by atoms with Crippen molar-refractivity contribution in [2.75, 3.05) is 16.8 Å². The third kappa shape index (κ3) is 5.51. The van der Waals surface area contributed by atoms with Crippen LogP contribution in [0.25, 0.3) is 43.8 Å². The second-order valence-corrected chi connectivity index (χ2v) is 11.9. The summed E-state index contributed by atoms with van der Waals surface area (Å²) in [6.07, 6.45) is 0. The Morgan fingerprint density at radius 3 is 1.30 bits per heavy atom. The van der Waals surface area contributed by atoms with Crippen molar-refractivity contribution in [3.8, 4) is 22.3 Å². The zero-order valence-corrected chi connectivity index (χ0v) is 26.3. The van der Waals surface area contributed by atoms with Crippen molar-refractivity contribution in [3.63, 3.8) is 0 Å². The lowest BCUT2D eigenvalue weighted by atomic mass is 9.99. The highest BCUT2D eigenvalue weighted by Gasteiger charge is 2.14. The van der Waals surface area contributed by atoms with Gasteiger partial charge in [-0.05, 0) is 93.0 Å². The monoisotopic (exact) mass is 602 g/mol. The molecule has 0 atom stereocenters. The lowest BCUT2D eigenvalue weighted by Crippen LogP contribution is -2.10. The summed E-state index contributed by atoms with van der Waals surface area (Å²) in [5.41, 5.74) is 10.5. The van der Waals surface area contributed by atoms with Gasteiger partial charge in [0.2, 0.25) is 0 Å². The molecular weight excluding hydrogens is 569 g/mol. The number of fused-ring (bicyclic) bond motifs is 3. The minimum absolute atomic E-state index is 1.12. The third-order valence-corrected chi connectivity index (χ3v) is 9.07. The van der Waals surface area contributed by atoms with Crippen molar-refractivity contribution in [2.45, 2.75) is 0 Å². The van der Waals surface area contributed by atoms with E-state index in [4.69, 9.17) is 0 Å². The van der Waals surface area contributed by atoms with Gasteiger partial charge >= 0.3 is 0 Å². The van der Waals surface area contributed by atoms with Crippen LogP contribution in [-0.2, 0) is 0 Å². The van der Waals surface area contributed by atoms with Crippen LogP contribution in [0.4, 0.5) is 28.4 Å². The van der Waals surface area contributed by atoms with Gasteiger partial charge in [-0.15, -0.1) is 0 Å². The van der Waals surface area contributed by atoms with Crippen LogP contribution in [0.2, 0.25) is 0 Å². The van der Waals surface area contributed by atoms with Crippen LogP contribution >= 0.6 is 0 Å². The second kappa shape index (κ2) is 12.3. The Labute approximate surface area is 276 Å². The maximum absolute atomic E-state index is 2.31. The van der Waals surface area contributed by atoms with Crippen LogP contribution in [0.1, 0.15) is 0 Å². The molecule has 0 spiro atoms. The molecule has 0 saturated carbocycles. The van der Waals surface area contributed by atoms with Gasteiger partial charge in [0, 0.05) is 40.9 Å². The van der Waals surface area contributed by atoms with Gasteiger partial charge in [0.05, 0.1) is 0 Å². The van der Waals surface area contributed by atoms with Gasteiger partial charge in [-0.1, -0.05) is 133 Å². The van der Waals surface area contributed by atoms with Crippen LogP contribution in [-0.4, -0.2) is 7.05 Å². The number of anilines is 5. The molecule has 2 nitrogen and oxygen atoms in total. The van der Waals surface area contributed by atoms with Gasteiger partial charge in [-0.2, -0.15) is 0 Å². The Hall–Kier alpha value is -6.12. The molecule has 224 valence electrons. The van der Waals surface area contributed by atoms with Crippen LogP contribution in [0.3, 0.4) is 0 Å². The molecule has 0 aliphatic carbocycles. The number of nitrogens with zero attached hydrogens (tertiary/aromatic N) is 2. The average Bonchev–Trinajstić information content (AvgIpc) is 3.16. The topological polar surface area (TPSA) is 6.48 Å². The van der Waals surface area contributed by atoms with E-state index in [0.29, 0.717) is 0 Å². The zero-order chi connectivity index (χ0) is 31.6. The van der Waals surface area contributed by atoms with Crippen LogP contribution < -0.4 is 9.80 Å². The number of hydrogen-bond acceptors (Lipinski definition) is 2. The smallest absolute Gasteiger partial charge is 0.0494 e. The Bertz CT molecular complexity index is 2270. The predicted molar refractivity (Wildman–Crippen MR) is 202 cm³/mol. The molecule has 0 fully saturated rings. The third-order valence-electron chi connectivity index (χ3n) is 9.07. The Balaban J connectivity index is 1.08. The van der Waals surface area contributed by atoms with Crippen molar-refractivity contribution in [1.29, 1.82) is 0 Å². The normalized spacial score (nSPS) is 11.1. The van der Waals surface area contributed by atoms with Crippen molar-refractivity contribution >= 4 is 50.0 Å². The molecule has 0 heterocycles. The van der Waals surface area contributed by atoms with E-state index in [1.807, 2.05) is 0 Å². The predicted octanol–water partition coefficient (Wildman–Crippen LogP) is 12.6. The van der Waals surface area contributed by atoms with Crippen molar-refractivity contribution in [2.24, 2.45) is 0 Å². The van der Waals surface area contributed by atoms with E-state index in [1.165, 1.54) is 49.5 Å². The molecule has 0 unspecified atom stereocenters. The summed E-state index contributed by atoms with van der Waals surface area (Å²) in [4.78, 5) is 4.60. The first-order chi connectivity index (χ1) is 23.2. The maximum Gasteiger partial charge on any atom is 0.0494 e. The van der Waals surface area contributed by atoms with E-state index in [9.17, 15) is 0 Å². The molecule has 0 amide bonds. The van der Waals surface area contributed by atoms with Gasteiger partial charge in [0.25, 0.3) is 0 Å². The molecule has 0 bridgehead atoms. The standard InChI is InChI=1S/C45H34N2/c1-46(45-32-37-14-8-9-17-42(37)43-18-10-11-19-44(43)45)38-26-20-35(21-27-38)36-24-30-41(31-25-36)47(39-15-6-3-7-16-39)40-28-22-34(23-29-40)33-12-4-2-5-13-33/h2-32H,1H3. The van der Waals surface area contributed by atoms with Crippen LogP contribution in [0.15, 0.2) is 188 Å². The fourth-order valence-electron chi connectivity index (χ4n) is 6.59. The summed E-state index contributed by atoms with van der Waals surface area (Å²) in [6.45, 7) is 0. The summed E-state index contributed by atoms with van der Waals surface area (Å²) < 4.78 is 0. The highest BCUT2D eigenvalue weighted by Crippen LogP contribution is 2.39. The SMILES string of the molecule is CN(c1ccc(-c2ccc(N(c3ccccc3)c3ccc(-c4ccccc4)cc3)cc2)cc1)c1cc2ccccc2c2ccccc12. The first-order valence-corrected chi connectivity index (χ1v) is 16.1. The quantitative estimate of drug-likeness (QED) is 0.167. The molecule has 47 heavy (non-hydrogen) atoms. The molecule has 0 aliphatic rings. The largest absolute Gasteiger partial charge is 0.344 e. The highest BCUT2D eigenvalue weighted by molar-refractivity contribution is 6.13. The van der Waals surface area contributed by atoms with E-state index < -0.39 is 0 Å². The van der Waals surface area contributed by atoms with Gasteiger partial charge in [-0.25, -0.2) is 0 Å². The Kier molecular flexibility index (Phi) is 7.45. The molecular formula is C45H34N2. The lowest BCUT2D eigenvalue weighted by molar-refractivity contribution is 1.22. The first kappa shape index (κ1) is 28.4. The molecule has 0 radical (unpaired) electrons. The summed E-state index contributed by atoms with van der Waals surface area (Å²) >= 11 is 0. The number of hydrogen-bond donors (Lipinski definition) is 0.